The lowest BCUT2D eigenvalue weighted by Crippen LogP contribution is -2.22. The number of carbonyl (C=O) groups is 2. The summed E-state index contributed by atoms with van der Waals surface area (Å²) in [6.45, 7) is 4.33. The van der Waals surface area contributed by atoms with Crippen molar-refractivity contribution in [3.05, 3.63) is 76.7 Å². The van der Waals surface area contributed by atoms with Crippen LogP contribution in [0.25, 0.3) is 0 Å². The molecule has 0 atom stereocenters. The molecule has 0 fully saturated rings. The number of methoxy groups -OCH3 is 1. The first kappa shape index (κ1) is 23.1. The standard InChI is InChI=1S/C26H27N3O5/c1-4-33-19-13-11-18(12-14-19)27-26(31)24-16(2)23-21(9-6-10-22(23)34-24)28-29-25(30)17-7-5-8-20(15-17)32-3/h5,7-8,11-15H,4,6,9-10H2,1-3H3,(H,27,31)(H,29,30)/b28-21+. The number of rotatable bonds is 7. The average Bonchev–Trinajstić information content (AvgIpc) is 3.21. The van der Waals surface area contributed by atoms with E-state index in [1.165, 1.54) is 0 Å². The summed E-state index contributed by atoms with van der Waals surface area (Å²) in [6, 6.07) is 14.0. The summed E-state index contributed by atoms with van der Waals surface area (Å²) in [5.74, 6) is 1.60. The highest BCUT2D eigenvalue weighted by molar-refractivity contribution is 6.09. The summed E-state index contributed by atoms with van der Waals surface area (Å²) < 4.78 is 16.5. The van der Waals surface area contributed by atoms with E-state index in [1.807, 2.05) is 13.8 Å². The summed E-state index contributed by atoms with van der Waals surface area (Å²) in [4.78, 5) is 25.5. The van der Waals surface area contributed by atoms with E-state index >= 15 is 0 Å². The Balaban J connectivity index is 1.52. The fourth-order valence-electron chi connectivity index (χ4n) is 3.93. The molecule has 3 aromatic rings. The fraction of sp³-hybridized carbons (Fsp3) is 0.269. The lowest BCUT2D eigenvalue weighted by atomic mass is 9.93. The van der Waals surface area contributed by atoms with Crippen LogP contribution in [0.15, 0.2) is 58.0 Å². The molecule has 8 heteroatoms. The highest BCUT2D eigenvalue weighted by Gasteiger charge is 2.28. The molecule has 0 spiro atoms. The Kier molecular flexibility index (Phi) is 6.96. The van der Waals surface area contributed by atoms with Gasteiger partial charge in [-0.3, -0.25) is 9.59 Å². The fourth-order valence-corrected chi connectivity index (χ4v) is 3.93. The van der Waals surface area contributed by atoms with E-state index in [0.29, 0.717) is 53.5 Å². The number of hydrazone groups is 1. The maximum absolute atomic E-state index is 12.9. The summed E-state index contributed by atoms with van der Waals surface area (Å²) in [5.41, 5.74) is 5.89. The van der Waals surface area contributed by atoms with E-state index in [9.17, 15) is 9.59 Å². The first-order valence-electron chi connectivity index (χ1n) is 11.2. The average molecular weight is 462 g/mol. The minimum absolute atomic E-state index is 0.243. The predicted molar refractivity (Wildman–Crippen MR) is 129 cm³/mol. The highest BCUT2D eigenvalue weighted by atomic mass is 16.5. The van der Waals surface area contributed by atoms with E-state index in [2.05, 4.69) is 15.8 Å². The van der Waals surface area contributed by atoms with Crippen LogP contribution in [-0.2, 0) is 6.42 Å². The Hall–Kier alpha value is -4.07. The number of amides is 2. The minimum Gasteiger partial charge on any atom is -0.497 e. The first-order chi connectivity index (χ1) is 16.5. The van der Waals surface area contributed by atoms with Crippen molar-refractivity contribution in [1.82, 2.24) is 5.43 Å². The summed E-state index contributed by atoms with van der Waals surface area (Å²) in [6.07, 6.45) is 2.19. The van der Waals surface area contributed by atoms with Gasteiger partial charge in [-0.2, -0.15) is 5.10 Å². The lowest BCUT2D eigenvalue weighted by molar-refractivity contribution is 0.0953. The summed E-state index contributed by atoms with van der Waals surface area (Å²) in [5, 5.41) is 7.24. The van der Waals surface area contributed by atoms with Gasteiger partial charge in [0.25, 0.3) is 11.8 Å². The van der Waals surface area contributed by atoms with Gasteiger partial charge in [0.15, 0.2) is 5.76 Å². The molecular formula is C26H27N3O5. The van der Waals surface area contributed by atoms with E-state index < -0.39 is 0 Å². The lowest BCUT2D eigenvalue weighted by Gasteiger charge is -2.13. The molecule has 2 aromatic carbocycles. The van der Waals surface area contributed by atoms with Gasteiger partial charge in [0.1, 0.15) is 17.3 Å². The van der Waals surface area contributed by atoms with Crippen molar-refractivity contribution >= 4 is 23.2 Å². The molecule has 8 nitrogen and oxygen atoms in total. The van der Waals surface area contributed by atoms with Crippen LogP contribution in [0.2, 0.25) is 0 Å². The molecule has 176 valence electrons. The number of nitrogens with one attached hydrogen (secondary N) is 2. The van der Waals surface area contributed by atoms with Gasteiger partial charge in [0.2, 0.25) is 0 Å². The third kappa shape index (κ3) is 4.96. The maximum atomic E-state index is 12.9. The largest absolute Gasteiger partial charge is 0.497 e. The van der Waals surface area contributed by atoms with Gasteiger partial charge in [-0.05, 0) is 69.2 Å². The molecule has 1 heterocycles. The van der Waals surface area contributed by atoms with Gasteiger partial charge in [-0.25, -0.2) is 5.43 Å². The molecule has 2 amide bonds. The van der Waals surface area contributed by atoms with Crippen LogP contribution in [-0.4, -0.2) is 31.2 Å². The van der Waals surface area contributed by atoms with Gasteiger partial charge in [-0.15, -0.1) is 0 Å². The number of anilines is 1. The zero-order chi connectivity index (χ0) is 24.1. The SMILES string of the molecule is CCOc1ccc(NC(=O)c2oc3c(c2C)/C(=N/NC(=O)c2cccc(OC)c2)CCC3)cc1. The van der Waals surface area contributed by atoms with Crippen LogP contribution in [0.5, 0.6) is 11.5 Å². The number of hydrogen-bond acceptors (Lipinski definition) is 6. The minimum atomic E-state index is -0.340. The van der Waals surface area contributed by atoms with Crippen molar-refractivity contribution in [1.29, 1.82) is 0 Å². The van der Waals surface area contributed by atoms with Crippen LogP contribution in [0.3, 0.4) is 0 Å². The van der Waals surface area contributed by atoms with E-state index in [1.54, 1.807) is 55.6 Å². The van der Waals surface area contributed by atoms with Gasteiger partial charge >= 0.3 is 0 Å². The monoisotopic (exact) mass is 461 g/mol. The van der Waals surface area contributed by atoms with Gasteiger partial charge in [0, 0.05) is 28.8 Å². The number of hydrogen-bond donors (Lipinski definition) is 2. The topological polar surface area (TPSA) is 102 Å². The van der Waals surface area contributed by atoms with Crippen molar-refractivity contribution in [2.24, 2.45) is 5.10 Å². The zero-order valence-corrected chi connectivity index (χ0v) is 19.4. The third-order valence-electron chi connectivity index (χ3n) is 5.58. The number of furan rings is 1. The third-order valence-corrected chi connectivity index (χ3v) is 5.58. The number of benzene rings is 2. The number of aryl methyl sites for hydroxylation is 1. The highest BCUT2D eigenvalue weighted by Crippen LogP contribution is 2.30. The molecule has 0 saturated heterocycles. The molecular weight excluding hydrogens is 434 g/mol. The molecule has 1 aliphatic carbocycles. The van der Waals surface area contributed by atoms with Crippen molar-refractivity contribution < 1.29 is 23.5 Å². The molecule has 34 heavy (non-hydrogen) atoms. The van der Waals surface area contributed by atoms with Crippen molar-refractivity contribution in [2.75, 3.05) is 19.0 Å². The Bertz CT molecular complexity index is 1230. The van der Waals surface area contributed by atoms with Crippen molar-refractivity contribution in [3.63, 3.8) is 0 Å². The van der Waals surface area contributed by atoms with E-state index in [4.69, 9.17) is 13.9 Å². The van der Waals surface area contributed by atoms with Crippen LogP contribution < -0.4 is 20.2 Å². The molecule has 1 aliphatic rings. The summed E-state index contributed by atoms with van der Waals surface area (Å²) in [7, 11) is 1.55. The van der Waals surface area contributed by atoms with E-state index in [0.717, 1.165) is 17.7 Å². The zero-order valence-electron chi connectivity index (χ0n) is 19.4. The molecule has 1 aromatic heterocycles. The number of nitrogens with zero attached hydrogens (tertiary/aromatic N) is 1. The van der Waals surface area contributed by atoms with Crippen LogP contribution in [0.1, 0.15) is 57.6 Å². The van der Waals surface area contributed by atoms with Crippen LogP contribution >= 0.6 is 0 Å². The molecule has 0 bridgehead atoms. The molecule has 0 saturated carbocycles. The first-order valence-corrected chi connectivity index (χ1v) is 11.2. The van der Waals surface area contributed by atoms with Crippen LogP contribution in [0.4, 0.5) is 5.69 Å². The number of ether oxygens (including phenoxy) is 2. The van der Waals surface area contributed by atoms with Crippen molar-refractivity contribution in [3.8, 4) is 11.5 Å². The second-order valence-electron chi connectivity index (χ2n) is 7.85. The van der Waals surface area contributed by atoms with Crippen LogP contribution in [0, 0.1) is 6.92 Å². The van der Waals surface area contributed by atoms with Gasteiger partial charge in [0.05, 0.1) is 19.4 Å². The quantitative estimate of drug-likeness (QED) is 0.496. The molecule has 2 N–H and O–H groups in total. The molecule has 0 radical (unpaired) electrons. The van der Waals surface area contributed by atoms with Gasteiger partial charge in [-0.1, -0.05) is 6.07 Å². The maximum Gasteiger partial charge on any atom is 0.291 e. The second kappa shape index (κ2) is 10.2. The Morgan fingerprint density at radius 2 is 1.85 bits per heavy atom. The Morgan fingerprint density at radius 1 is 1.06 bits per heavy atom. The van der Waals surface area contributed by atoms with E-state index in [-0.39, 0.29) is 17.6 Å². The molecule has 0 unspecified atom stereocenters. The Morgan fingerprint density at radius 3 is 2.59 bits per heavy atom. The predicted octanol–water partition coefficient (Wildman–Crippen LogP) is 4.72. The summed E-state index contributed by atoms with van der Waals surface area (Å²) >= 11 is 0. The molecule has 0 aliphatic heterocycles. The Labute approximate surface area is 197 Å². The number of fused-ring (bicyclic) bond motifs is 1. The van der Waals surface area contributed by atoms with Gasteiger partial charge < -0.3 is 19.2 Å². The second-order valence-corrected chi connectivity index (χ2v) is 7.85. The molecule has 4 rings (SSSR count). The number of carbonyl (C=O) groups excluding carboxylic acids is 2. The normalized spacial score (nSPS) is 13.8. The smallest absolute Gasteiger partial charge is 0.291 e. The van der Waals surface area contributed by atoms with Crippen molar-refractivity contribution in [2.45, 2.75) is 33.1 Å².